The Kier molecular flexibility index (Phi) is 6.63. The van der Waals surface area contributed by atoms with E-state index < -0.39 is 18.0 Å². The average molecular weight is 393 g/mol. The van der Waals surface area contributed by atoms with Crippen molar-refractivity contribution in [3.05, 3.63) is 72.6 Å². The van der Waals surface area contributed by atoms with Gasteiger partial charge in [-0.25, -0.2) is 4.68 Å². The molecule has 1 unspecified atom stereocenters. The highest BCUT2D eigenvalue weighted by atomic mass is 16.5. The van der Waals surface area contributed by atoms with Crippen LogP contribution in [-0.4, -0.2) is 34.4 Å². The summed E-state index contributed by atoms with van der Waals surface area (Å²) < 4.78 is 12.3. The number of hydrogen-bond acceptors (Lipinski definition) is 5. The first-order valence-electron chi connectivity index (χ1n) is 9.37. The molecule has 0 aliphatic carbocycles. The summed E-state index contributed by atoms with van der Waals surface area (Å²) >= 11 is 0. The number of nitrogens with zero attached hydrogens (tertiary/aromatic N) is 2. The van der Waals surface area contributed by atoms with Crippen molar-refractivity contribution >= 4 is 17.6 Å². The Bertz CT molecular complexity index is 952. The van der Waals surface area contributed by atoms with Crippen molar-refractivity contribution < 1.29 is 19.1 Å². The fourth-order valence-corrected chi connectivity index (χ4v) is 2.68. The number of hydrogen-bond donors (Lipinski definition) is 1. The zero-order chi connectivity index (χ0) is 20.6. The number of amides is 1. The van der Waals surface area contributed by atoms with Crippen LogP contribution in [0.2, 0.25) is 0 Å². The third kappa shape index (κ3) is 5.68. The molecule has 2 aromatic carbocycles. The van der Waals surface area contributed by atoms with Crippen LogP contribution in [0, 0.1) is 0 Å². The molecule has 150 valence electrons. The maximum Gasteiger partial charge on any atom is 0.311 e. The lowest BCUT2D eigenvalue weighted by Gasteiger charge is -2.13. The monoisotopic (exact) mass is 393 g/mol. The summed E-state index contributed by atoms with van der Waals surface area (Å²) in [7, 11) is 0. The molecule has 0 radical (unpaired) electrons. The van der Waals surface area contributed by atoms with Crippen molar-refractivity contribution in [3.8, 4) is 11.4 Å². The maximum absolute atomic E-state index is 12.3. The number of benzene rings is 2. The molecular formula is C22H23N3O4. The van der Waals surface area contributed by atoms with Crippen LogP contribution in [0.15, 0.2) is 67.0 Å². The molecule has 29 heavy (non-hydrogen) atoms. The molecule has 7 heteroatoms. The molecule has 3 aromatic rings. The van der Waals surface area contributed by atoms with Gasteiger partial charge in [-0.15, -0.1) is 0 Å². The Morgan fingerprint density at radius 3 is 2.52 bits per heavy atom. The zero-order valence-electron chi connectivity index (χ0n) is 16.4. The molecule has 0 fully saturated rings. The Labute approximate surface area is 169 Å². The first-order valence-corrected chi connectivity index (χ1v) is 9.37. The minimum atomic E-state index is -0.918. The molecule has 0 saturated carbocycles. The predicted octanol–water partition coefficient (Wildman–Crippen LogP) is 3.38. The molecule has 1 aromatic heterocycles. The van der Waals surface area contributed by atoms with E-state index in [0.717, 1.165) is 11.4 Å². The van der Waals surface area contributed by atoms with Gasteiger partial charge in [0, 0.05) is 17.4 Å². The van der Waals surface area contributed by atoms with Gasteiger partial charge in [0.25, 0.3) is 5.91 Å². The van der Waals surface area contributed by atoms with Gasteiger partial charge in [0.15, 0.2) is 6.10 Å². The maximum atomic E-state index is 12.3. The van der Waals surface area contributed by atoms with E-state index >= 15 is 0 Å². The number of ether oxygens (including phenoxy) is 2. The number of para-hydroxylation sites is 1. The zero-order valence-corrected chi connectivity index (χ0v) is 16.4. The van der Waals surface area contributed by atoms with E-state index in [2.05, 4.69) is 10.4 Å². The van der Waals surface area contributed by atoms with Crippen LogP contribution in [0.3, 0.4) is 0 Å². The lowest BCUT2D eigenvalue weighted by Crippen LogP contribution is -2.30. The number of esters is 1. The summed E-state index contributed by atoms with van der Waals surface area (Å²) in [5.74, 6) is -0.171. The number of carbonyl (C=O) groups is 2. The lowest BCUT2D eigenvalue weighted by atomic mass is 10.2. The van der Waals surface area contributed by atoms with Gasteiger partial charge in [-0.2, -0.15) is 5.10 Å². The van der Waals surface area contributed by atoms with Crippen LogP contribution in [-0.2, 0) is 20.7 Å². The highest BCUT2D eigenvalue weighted by Gasteiger charge is 2.18. The smallest absolute Gasteiger partial charge is 0.311 e. The SMILES string of the molecule is CCOc1ccc(NC(=O)C(C)OC(=O)Cc2cnn(-c3ccccc3)c2)cc1. The summed E-state index contributed by atoms with van der Waals surface area (Å²) in [4.78, 5) is 24.5. The molecule has 0 bridgehead atoms. The summed E-state index contributed by atoms with van der Waals surface area (Å²) in [6.07, 6.45) is 2.49. The van der Waals surface area contributed by atoms with E-state index in [0.29, 0.717) is 17.9 Å². The minimum absolute atomic E-state index is 0.0352. The second-order valence-electron chi connectivity index (χ2n) is 6.38. The Balaban J connectivity index is 1.51. The summed E-state index contributed by atoms with van der Waals surface area (Å²) in [6, 6.07) is 16.6. The quantitative estimate of drug-likeness (QED) is 0.593. The molecule has 3 rings (SSSR count). The van der Waals surface area contributed by atoms with Crippen molar-refractivity contribution in [3.63, 3.8) is 0 Å². The van der Waals surface area contributed by atoms with Crippen molar-refractivity contribution in [2.75, 3.05) is 11.9 Å². The van der Waals surface area contributed by atoms with E-state index in [-0.39, 0.29) is 6.42 Å². The molecule has 0 aliphatic rings. The normalized spacial score (nSPS) is 11.5. The average Bonchev–Trinajstić information content (AvgIpc) is 3.18. The fraction of sp³-hybridized carbons (Fsp3) is 0.227. The molecule has 0 aliphatic heterocycles. The topological polar surface area (TPSA) is 82.4 Å². The second-order valence-corrected chi connectivity index (χ2v) is 6.38. The van der Waals surface area contributed by atoms with Gasteiger partial charge in [0.2, 0.25) is 0 Å². The number of carbonyl (C=O) groups excluding carboxylic acids is 2. The first kappa shape index (κ1) is 20.1. The van der Waals surface area contributed by atoms with Gasteiger partial charge in [-0.3, -0.25) is 9.59 Å². The van der Waals surface area contributed by atoms with E-state index in [1.54, 1.807) is 41.3 Å². The molecule has 1 atom stereocenters. The first-order chi connectivity index (χ1) is 14.0. The van der Waals surface area contributed by atoms with Crippen LogP contribution in [0.1, 0.15) is 19.4 Å². The molecule has 7 nitrogen and oxygen atoms in total. The summed E-state index contributed by atoms with van der Waals surface area (Å²) in [5, 5.41) is 6.97. The van der Waals surface area contributed by atoms with Crippen molar-refractivity contribution in [1.82, 2.24) is 9.78 Å². The highest BCUT2D eigenvalue weighted by molar-refractivity contribution is 5.95. The van der Waals surface area contributed by atoms with Crippen molar-refractivity contribution in [2.45, 2.75) is 26.4 Å². The van der Waals surface area contributed by atoms with Crippen molar-refractivity contribution in [1.29, 1.82) is 0 Å². The number of nitrogens with one attached hydrogen (secondary N) is 1. The largest absolute Gasteiger partial charge is 0.494 e. The van der Waals surface area contributed by atoms with Crippen LogP contribution < -0.4 is 10.1 Å². The summed E-state index contributed by atoms with van der Waals surface area (Å²) in [6.45, 7) is 4.01. The molecule has 0 saturated heterocycles. The molecular weight excluding hydrogens is 370 g/mol. The van der Waals surface area contributed by atoms with Gasteiger partial charge in [0.1, 0.15) is 5.75 Å². The standard InChI is InChI=1S/C22H23N3O4/c1-3-28-20-11-9-18(10-12-20)24-22(27)16(2)29-21(26)13-17-14-23-25(15-17)19-7-5-4-6-8-19/h4-12,14-16H,3,13H2,1-2H3,(H,24,27). The number of rotatable bonds is 8. The van der Waals surface area contributed by atoms with Gasteiger partial charge in [0.05, 0.1) is 24.9 Å². The van der Waals surface area contributed by atoms with E-state index in [1.807, 2.05) is 37.3 Å². The van der Waals surface area contributed by atoms with Gasteiger partial charge < -0.3 is 14.8 Å². The number of aromatic nitrogens is 2. The van der Waals surface area contributed by atoms with Gasteiger partial charge >= 0.3 is 5.97 Å². The fourth-order valence-electron chi connectivity index (χ4n) is 2.68. The van der Waals surface area contributed by atoms with Crippen LogP contribution >= 0.6 is 0 Å². The predicted molar refractivity (Wildman–Crippen MR) is 109 cm³/mol. The van der Waals surface area contributed by atoms with E-state index in [9.17, 15) is 9.59 Å². The Morgan fingerprint density at radius 1 is 1.10 bits per heavy atom. The highest BCUT2D eigenvalue weighted by Crippen LogP contribution is 2.16. The second kappa shape index (κ2) is 9.54. The van der Waals surface area contributed by atoms with Crippen molar-refractivity contribution in [2.24, 2.45) is 0 Å². The molecule has 1 heterocycles. The van der Waals surface area contributed by atoms with E-state index in [4.69, 9.17) is 9.47 Å². The van der Waals surface area contributed by atoms with Crippen LogP contribution in [0.4, 0.5) is 5.69 Å². The summed E-state index contributed by atoms with van der Waals surface area (Å²) in [5.41, 5.74) is 2.21. The van der Waals surface area contributed by atoms with Gasteiger partial charge in [-0.05, 0) is 50.2 Å². The molecule has 0 spiro atoms. The lowest BCUT2D eigenvalue weighted by molar-refractivity contribution is -0.152. The molecule has 1 N–H and O–H groups in total. The Morgan fingerprint density at radius 2 is 1.83 bits per heavy atom. The minimum Gasteiger partial charge on any atom is -0.494 e. The third-order valence-corrected chi connectivity index (χ3v) is 4.12. The molecule has 1 amide bonds. The van der Waals surface area contributed by atoms with Crippen LogP contribution in [0.5, 0.6) is 5.75 Å². The van der Waals surface area contributed by atoms with Crippen LogP contribution in [0.25, 0.3) is 5.69 Å². The van der Waals surface area contributed by atoms with Gasteiger partial charge in [-0.1, -0.05) is 18.2 Å². The Hall–Kier alpha value is -3.61. The van der Waals surface area contributed by atoms with E-state index in [1.165, 1.54) is 6.92 Å². The number of anilines is 1. The third-order valence-electron chi connectivity index (χ3n) is 4.12.